The van der Waals surface area contributed by atoms with Crippen LogP contribution in [0, 0.1) is 5.82 Å². The van der Waals surface area contributed by atoms with Gasteiger partial charge < -0.3 is 5.11 Å². The number of thiol groups is 1. The lowest BCUT2D eigenvalue weighted by Crippen LogP contribution is -2.17. The number of carboxylic acids is 1. The van der Waals surface area contributed by atoms with Crippen molar-refractivity contribution in [1.29, 1.82) is 0 Å². The van der Waals surface area contributed by atoms with Gasteiger partial charge in [-0.1, -0.05) is 6.07 Å². The molecule has 18 heavy (non-hydrogen) atoms. The van der Waals surface area contributed by atoms with Crippen molar-refractivity contribution in [2.45, 2.75) is 11.9 Å². The lowest BCUT2D eigenvalue weighted by molar-refractivity contribution is -0.140. The Morgan fingerprint density at radius 1 is 1.28 bits per heavy atom. The van der Waals surface area contributed by atoms with Gasteiger partial charge in [0.25, 0.3) is 0 Å². The third kappa shape index (κ3) is 2.97. The molecule has 9 heteroatoms. The minimum atomic E-state index is -5.22. The summed E-state index contributed by atoms with van der Waals surface area (Å²) in [6.45, 7) is 0. The number of hydrogen-bond acceptors (Lipinski definition) is 3. The normalized spacial score (nSPS) is 11.8. The second kappa shape index (κ2) is 4.92. The van der Waals surface area contributed by atoms with Crippen LogP contribution in [0.5, 0.6) is 0 Å². The Kier molecular flexibility index (Phi) is 3.95. The molecule has 1 aromatic carbocycles. The summed E-state index contributed by atoms with van der Waals surface area (Å²) in [5.41, 5.74) is -3.95. The number of carbonyl (C=O) groups is 1. The molecular formula is C9H6F4O4S. The number of hydrogen-bond donors (Lipinski definition) is 2. The van der Waals surface area contributed by atoms with Crippen molar-refractivity contribution in [2.75, 3.05) is 0 Å². The molecule has 0 spiro atoms. The first kappa shape index (κ1) is 14.4. The molecular weight excluding hydrogens is 280 g/mol. The van der Waals surface area contributed by atoms with E-state index in [0.29, 0.717) is 12.1 Å². The van der Waals surface area contributed by atoms with E-state index in [1.807, 2.05) is 0 Å². The molecule has 0 aliphatic heterocycles. The zero-order chi connectivity index (χ0) is 14.1. The molecule has 4 nitrogen and oxygen atoms in total. The van der Waals surface area contributed by atoms with Gasteiger partial charge in [0.05, 0.1) is 11.3 Å². The van der Waals surface area contributed by atoms with Crippen molar-refractivity contribution in [1.82, 2.24) is 0 Å². The van der Waals surface area contributed by atoms with E-state index in [9.17, 15) is 30.8 Å². The van der Waals surface area contributed by atoms with Crippen LogP contribution in [0.2, 0.25) is 0 Å². The molecule has 0 saturated heterocycles. The first-order chi connectivity index (χ1) is 8.14. The molecule has 0 radical (unpaired) electrons. The standard InChI is InChI=1S/C9H6F4O4S/c10-7-4(3-18(16)17)1-2-5(8(14)15)6(7)9(11,12)13/h1-2,18H,3H2,(H,14,15). The number of rotatable bonds is 3. The van der Waals surface area contributed by atoms with Crippen molar-refractivity contribution >= 4 is 16.7 Å². The van der Waals surface area contributed by atoms with Crippen molar-refractivity contribution < 1.29 is 35.9 Å². The largest absolute Gasteiger partial charge is 0.478 e. The van der Waals surface area contributed by atoms with Gasteiger partial charge in [0.1, 0.15) is 22.1 Å². The minimum absolute atomic E-state index is 0.530. The van der Waals surface area contributed by atoms with E-state index in [-0.39, 0.29) is 0 Å². The monoisotopic (exact) mass is 286 g/mol. The molecule has 0 amide bonds. The fraction of sp³-hybridized carbons (Fsp3) is 0.222. The van der Waals surface area contributed by atoms with E-state index in [2.05, 4.69) is 0 Å². The van der Waals surface area contributed by atoms with Crippen LogP contribution in [0.1, 0.15) is 21.5 Å². The SMILES string of the molecule is O=C(O)c1ccc(C[SH](=O)=O)c(F)c1C(F)(F)F. The Morgan fingerprint density at radius 3 is 2.22 bits per heavy atom. The van der Waals surface area contributed by atoms with Crippen molar-refractivity contribution in [2.24, 2.45) is 0 Å². The summed E-state index contributed by atoms with van der Waals surface area (Å²) in [4.78, 5) is 10.6. The van der Waals surface area contributed by atoms with Crippen LogP contribution in [0.15, 0.2) is 12.1 Å². The fourth-order valence-electron chi connectivity index (χ4n) is 1.34. The number of alkyl halides is 3. The van der Waals surface area contributed by atoms with Crippen LogP contribution in [-0.4, -0.2) is 19.5 Å². The van der Waals surface area contributed by atoms with Crippen LogP contribution in [0.4, 0.5) is 17.6 Å². The van der Waals surface area contributed by atoms with Crippen LogP contribution in [0.25, 0.3) is 0 Å². The Labute approximate surface area is 99.8 Å². The van der Waals surface area contributed by atoms with Crippen molar-refractivity contribution in [3.63, 3.8) is 0 Å². The van der Waals surface area contributed by atoms with Gasteiger partial charge in [-0.25, -0.2) is 17.6 Å². The van der Waals surface area contributed by atoms with Gasteiger partial charge in [-0.15, -0.1) is 0 Å². The van der Waals surface area contributed by atoms with Crippen LogP contribution < -0.4 is 0 Å². The maximum Gasteiger partial charge on any atom is 0.420 e. The van der Waals surface area contributed by atoms with Gasteiger partial charge in [0, 0.05) is 5.56 Å². The van der Waals surface area contributed by atoms with E-state index in [0.717, 1.165) is 0 Å². The molecule has 0 aromatic heterocycles. The molecule has 0 saturated carbocycles. The van der Waals surface area contributed by atoms with Crippen molar-refractivity contribution in [3.05, 3.63) is 34.6 Å². The van der Waals surface area contributed by atoms with E-state index in [1.165, 1.54) is 0 Å². The zero-order valence-electron chi connectivity index (χ0n) is 8.49. The van der Waals surface area contributed by atoms with E-state index in [1.54, 1.807) is 0 Å². The average molecular weight is 286 g/mol. The molecule has 0 unspecified atom stereocenters. The smallest absolute Gasteiger partial charge is 0.420 e. The molecule has 0 heterocycles. The minimum Gasteiger partial charge on any atom is -0.478 e. The highest BCUT2D eigenvalue weighted by molar-refractivity contribution is 7.71. The third-order valence-corrected chi connectivity index (χ3v) is 2.63. The fourth-order valence-corrected chi connectivity index (χ4v) is 1.86. The summed E-state index contributed by atoms with van der Waals surface area (Å²) >= 11 is 0. The van der Waals surface area contributed by atoms with Gasteiger partial charge in [-0.2, -0.15) is 13.2 Å². The quantitative estimate of drug-likeness (QED) is 0.654. The van der Waals surface area contributed by atoms with E-state index < -0.39 is 51.1 Å². The van der Waals surface area contributed by atoms with Gasteiger partial charge >= 0.3 is 12.1 Å². The molecule has 0 atom stereocenters. The number of halogens is 4. The highest BCUT2D eigenvalue weighted by atomic mass is 32.2. The summed E-state index contributed by atoms with van der Waals surface area (Å²) < 4.78 is 71.8. The Balaban J connectivity index is 3.55. The van der Waals surface area contributed by atoms with Gasteiger partial charge in [-0.05, 0) is 6.07 Å². The molecule has 100 valence electrons. The Morgan fingerprint density at radius 2 is 1.83 bits per heavy atom. The summed E-state index contributed by atoms with van der Waals surface area (Å²) in [5, 5.41) is 8.54. The second-order valence-electron chi connectivity index (χ2n) is 3.25. The highest BCUT2D eigenvalue weighted by Crippen LogP contribution is 2.35. The molecule has 1 N–H and O–H groups in total. The summed E-state index contributed by atoms with van der Waals surface area (Å²) in [7, 11) is -3.12. The van der Waals surface area contributed by atoms with E-state index >= 15 is 0 Å². The average Bonchev–Trinajstić information content (AvgIpc) is 2.17. The van der Waals surface area contributed by atoms with Gasteiger partial charge in [0.2, 0.25) is 0 Å². The predicted octanol–water partition coefficient (Wildman–Crippen LogP) is 1.65. The highest BCUT2D eigenvalue weighted by Gasteiger charge is 2.39. The molecule has 1 aromatic rings. The molecule has 1 rings (SSSR count). The lowest BCUT2D eigenvalue weighted by atomic mass is 10.0. The van der Waals surface area contributed by atoms with Crippen LogP contribution in [-0.2, 0) is 22.6 Å². The summed E-state index contributed by atoms with van der Waals surface area (Å²) in [6, 6.07) is 1.24. The first-order valence-electron chi connectivity index (χ1n) is 4.38. The lowest BCUT2D eigenvalue weighted by Gasteiger charge is -2.13. The van der Waals surface area contributed by atoms with Crippen molar-refractivity contribution in [3.8, 4) is 0 Å². The number of benzene rings is 1. The summed E-state index contributed by atoms with van der Waals surface area (Å²) in [6.07, 6.45) is -5.22. The van der Waals surface area contributed by atoms with Gasteiger partial charge in [0.15, 0.2) is 0 Å². The molecule has 0 bridgehead atoms. The molecule has 0 aliphatic carbocycles. The maximum atomic E-state index is 13.5. The predicted molar refractivity (Wildman–Crippen MR) is 52.4 cm³/mol. The first-order valence-corrected chi connectivity index (χ1v) is 5.74. The molecule has 0 fully saturated rings. The van der Waals surface area contributed by atoms with Crippen LogP contribution >= 0.6 is 0 Å². The Hall–Kier alpha value is -1.64. The topological polar surface area (TPSA) is 71.4 Å². The second-order valence-corrected chi connectivity index (χ2v) is 4.24. The number of aromatic carboxylic acids is 1. The number of carboxylic acid groups (broad SMARTS) is 1. The zero-order valence-corrected chi connectivity index (χ0v) is 9.39. The summed E-state index contributed by atoms with van der Waals surface area (Å²) in [5.74, 6) is -4.75. The third-order valence-electron chi connectivity index (χ3n) is 2.04. The van der Waals surface area contributed by atoms with E-state index in [4.69, 9.17) is 5.11 Å². The maximum absolute atomic E-state index is 13.5. The Bertz CT molecular complexity index is 554. The van der Waals surface area contributed by atoms with Gasteiger partial charge in [-0.3, -0.25) is 0 Å². The van der Waals surface area contributed by atoms with Crippen LogP contribution in [0.3, 0.4) is 0 Å². The molecule has 0 aliphatic rings.